The molecule has 0 amide bonds. The smallest absolute Gasteiger partial charge is 0.166 e. The summed E-state index contributed by atoms with van der Waals surface area (Å²) >= 11 is 0. The average molecular weight is 310 g/mol. The Labute approximate surface area is 137 Å². The predicted octanol–water partition coefficient (Wildman–Crippen LogP) is 2.30. The number of fused-ring (bicyclic) bond motifs is 1. The summed E-state index contributed by atoms with van der Waals surface area (Å²) in [6.45, 7) is 5.70. The van der Waals surface area contributed by atoms with Crippen LogP contribution in [0.1, 0.15) is 34.8 Å². The van der Waals surface area contributed by atoms with Crippen LogP contribution in [-0.4, -0.2) is 25.5 Å². The van der Waals surface area contributed by atoms with Crippen molar-refractivity contribution in [2.24, 2.45) is 0 Å². The zero-order valence-corrected chi connectivity index (χ0v) is 13.7. The number of hydrogen-bond donors (Lipinski definition) is 1. The summed E-state index contributed by atoms with van der Waals surface area (Å²) in [5.41, 5.74) is 3.64. The number of para-hydroxylation sites is 1. The zero-order chi connectivity index (χ0) is 16.1. The van der Waals surface area contributed by atoms with Crippen molar-refractivity contribution >= 4 is 5.78 Å². The highest BCUT2D eigenvalue weighted by atomic mass is 16.5. The van der Waals surface area contributed by atoms with Gasteiger partial charge in [-0.1, -0.05) is 43.3 Å². The molecule has 0 saturated carbocycles. The average Bonchev–Trinajstić information content (AvgIpc) is 2.61. The quantitative estimate of drug-likeness (QED) is 0.830. The molecule has 1 aliphatic rings. The number of ketones is 1. The number of quaternary nitrogens is 1. The van der Waals surface area contributed by atoms with Gasteiger partial charge in [-0.05, 0) is 17.7 Å². The fourth-order valence-electron chi connectivity index (χ4n) is 3.18. The van der Waals surface area contributed by atoms with E-state index in [1.165, 1.54) is 11.1 Å². The van der Waals surface area contributed by atoms with Crippen molar-refractivity contribution in [2.75, 3.05) is 19.7 Å². The Bertz CT molecular complexity index is 681. The van der Waals surface area contributed by atoms with Crippen LogP contribution in [0.25, 0.3) is 0 Å². The second-order valence-corrected chi connectivity index (χ2v) is 6.07. The summed E-state index contributed by atoms with van der Waals surface area (Å²) in [5, 5.41) is 0. The lowest BCUT2D eigenvalue weighted by atomic mass is 10.0. The van der Waals surface area contributed by atoms with E-state index in [9.17, 15) is 4.79 Å². The molecule has 2 aromatic rings. The third-order valence-electron chi connectivity index (χ3n) is 4.53. The monoisotopic (exact) mass is 310 g/mol. The molecule has 0 radical (unpaired) electrons. The molecule has 1 N–H and O–H groups in total. The Morgan fingerprint density at radius 3 is 2.65 bits per heavy atom. The number of carbonyl (C=O) groups excluding carboxylic acids is 1. The maximum absolute atomic E-state index is 12.0. The lowest BCUT2D eigenvalue weighted by molar-refractivity contribution is -0.915. The Balaban J connectivity index is 1.56. The fraction of sp³-hybridized carbons (Fsp3) is 0.350. The SMILES string of the molecule is CCC(=O)c1ccccc1OCC[NH+]1CCc2ccccc2C1. The second-order valence-electron chi connectivity index (χ2n) is 6.07. The largest absolute Gasteiger partial charge is 0.487 e. The maximum Gasteiger partial charge on any atom is 0.166 e. The molecule has 23 heavy (non-hydrogen) atoms. The van der Waals surface area contributed by atoms with Gasteiger partial charge in [0, 0.05) is 18.4 Å². The number of rotatable bonds is 6. The Kier molecular flexibility index (Phi) is 5.09. The molecule has 3 nitrogen and oxygen atoms in total. The molecular formula is C20H24NO2+. The van der Waals surface area contributed by atoms with Gasteiger partial charge in [0.1, 0.15) is 25.4 Å². The lowest BCUT2D eigenvalue weighted by Crippen LogP contribution is -3.12. The normalized spacial score (nSPS) is 16.7. The fourth-order valence-corrected chi connectivity index (χ4v) is 3.18. The van der Waals surface area contributed by atoms with E-state index in [1.807, 2.05) is 31.2 Å². The molecule has 0 spiro atoms. The first kappa shape index (κ1) is 15.8. The molecule has 0 aliphatic carbocycles. The molecule has 1 aliphatic heterocycles. The molecule has 1 unspecified atom stereocenters. The van der Waals surface area contributed by atoms with Crippen LogP contribution in [0.4, 0.5) is 0 Å². The molecule has 120 valence electrons. The van der Waals surface area contributed by atoms with Crippen LogP contribution in [0.3, 0.4) is 0 Å². The Morgan fingerprint density at radius 2 is 1.83 bits per heavy atom. The highest BCUT2D eigenvalue weighted by Crippen LogP contribution is 2.19. The lowest BCUT2D eigenvalue weighted by Gasteiger charge is -2.25. The van der Waals surface area contributed by atoms with Crippen LogP contribution in [0, 0.1) is 0 Å². The van der Waals surface area contributed by atoms with Crippen LogP contribution in [0.2, 0.25) is 0 Å². The number of benzene rings is 2. The van der Waals surface area contributed by atoms with Crippen LogP contribution in [-0.2, 0) is 13.0 Å². The third-order valence-corrected chi connectivity index (χ3v) is 4.53. The molecule has 2 aromatic carbocycles. The predicted molar refractivity (Wildman–Crippen MR) is 91.1 cm³/mol. The first-order valence-electron chi connectivity index (χ1n) is 8.43. The number of Topliss-reactive ketones (excluding diaryl/α,β-unsaturated/α-hetero) is 1. The minimum absolute atomic E-state index is 0.139. The van der Waals surface area contributed by atoms with Gasteiger partial charge in [-0.15, -0.1) is 0 Å². The van der Waals surface area contributed by atoms with Gasteiger partial charge in [-0.25, -0.2) is 0 Å². The molecule has 0 bridgehead atoms. The highest BCUT2D eigenvalue weighted by molar-refractivity contribution is 5.98. The maximum atomic E-state index is 12.0. The summed E-state index contributed by atoms with van der Waals surface area (Å²) in [5.74, 6) is 0.857. The highest BCUT2D eigenvalue weighted by Gasteiger charge is 2.19. The summed E-state index contributed by atoms with van der Waals surface area (Å²) in [4.78, 5) is 13.5. The van der Waals surface area contributed by atoms with Gasteiger partial charge in [0.15, 0.2) is 5.78 Å². The van der Waals surface area contributed by atoms with E-state index in [0.29, 0.717) is 18.6 Å². The molecule has 0 saturated heterocycles. The van der Waals surface area contributed by atoms with E-state index in [1.54, 1.807) is 4.90 Å². The Morgan fingerprint density at radius 1 is 1.09 bits per heavy atom. The summed E-state index contributed by atoms with van der Waals surface area (Å²) in [7, 11) is 0. The van der Waals surface area contributed by atoms with Crippen molar-refractivity contribution in [1.82, 2.24) is 0 Å². The van der Waals surface area contributed by atoms with Crippen LogP contribution in [0.5, 0.6) is 5.75 Å². The molecule has 1 atom stereocenters. The topological polar surface area (TPSA) is 30.7 Å². The van der Waals surface area contributed by atoms with Crippen LogP contribution < -0.4 is 9.64 Å². The molecule has 1 heterocycles. The second kappa shape index (κ2) is 7.42. The van der Waals surface area contributed by atoms with Gasteiger partial charge in [0.2, 0.25) is 0 Å². The van der Waals surface area contributed by atoms with Gasteiger partial charge >= 0.3 is 0 Å². The summed E-state index contributed by atoms with van der Waals surface area (Å²) < 4.78 is 5.91. The van der Waals surface area contributed by atoms with Gasteiger partial charge in [0.05, 0.1) is 12.1 Å². The van der Waals surface area contributed by atoms with Gasteiger partial charge in [-0.3, -0.25) is 4.79 Å². The minimum Gasteiger partial charge on any atom is -0.487 e. The van der Waals surface area contributed by atoms with E-state index in [2.05, 4.69) is 24.3 Å². The minimum atomic E-state index is 0.139. The van der Waals surface area contributed by atoms with E-state index in [0.717, 1.165) is 31.8 Å². The van der Waals surface area contributed by atoms with Crippen molar-refractivity contribution in [3.8, 4) is 5.75 Å². The number of ether oxygens (including phenoxy) is 1. The summed E-state index contributed by atoms with van der Waals surface area (Å²) in [6, 6.07) is 16.3. The molecular weight excluding hydrogens is 286 g/mol. The van der Waals surface area contributed by atoms with Crippen molar-refractivity contribution in [1.29, 1.82) is 0 Å². The Hall–Kier alpha value is -2.13. The number of hydrogen-bond acceptors (Lipinski definition) is 2. The van der Waals surface area contributed by atoms with Gasteiger partial charge in [-0.2, -0.15) is 0 Å². The van der Waals surface area contributed by atoms with E-state index in [-0.39, 0.29) is 5.78 Å². The molecule has 3 rings (SSSR count). The van der Waals surface area contributed by atoms with Crippen molar-refractivity contribution < 1.29 is 14.4 Å². The number of carbonyl (C=O) groups is 1. The zero-order valence-electron chi connectivity index (χ0n) is 13.7. The molecule has 0 aromatic heterocycles. The molecule has 0 fully saturated rings. The molecule has 3 heteroatoms. The van der Waals surface area contributed by atoms with E-state index in [4.69, 9.17) is 4.74 Å². The number of nitrogens with one attached hydrogen (secondary N) is 1. The van der Waals surface area contributed by atoms with Crippen LogP contribution >= 0.6 is 0 Å². The van der Waals surface area contributed by atoms with E-state index >= 15 is 0 Å². The van der Waals surface area contributed by atoms with Gasteiger partial charge in [0.25, 0.3) is 0 Å². The van der Waals surface area contributed by atoms with Crippen molar-refractivity contribution in [3.05, 3.63) is 65.2 Å². The van der Waals surface area contributed by atoms with E-state index < -0.39 is 0 Å². The van der Waals surface area contributed by atoms with Gasteiger partial charge < -0.3 is 9.64 Å². The standard InChI is InChI=1S/C20H23NO2/c1-2-19(22)18-9-5-6-10-20(18)23-14-13-21-12-11-16-7-3-4-8-17(16)15-21/h3-10H,2,11-15H2,1H3/p+1. The first-order chi connectivity index (χ1) is 11.3. The summed E-state index contributed by atoms with van der Waals surface area (Å²) in [6.07, 6.45) is 1.64. The van der Waals surface area contributed by atoms with Crippen LogP contribution in [0.15, 0.2) is 48.5 Å². The third kappa shape index (κ3) is 3.80. The van der Waals surface area contributed by atoms with Crippen molar-refractivity contribution in [3.63, 3.8) is 0 Å². The first-order valence-corrected chi connectivity index (χ1v) is 8.43. The van der Waals surface area contributed by atoms with Crippen molar-refractivity contribution in [2.45, 2.75) is 26.3 Å².